The first-order valence-corrected chi connectivity index (χ1v) is 7.13. The molecule has 108 valence electrons. The quantitative estimate of drug-likeness (QED) is 0.838. The number of carbonyl (C=O) groups excluding carboxylic acids is 2. The van der Waals surface area contributed by atoms with E-state index in [1.54, 1.807) is 13.8 Å². The van der Waals surface area contributed by atoms with E-state index in [9.17, 15) is 9.59 Å². The third-order valence-electron chi connectivity index (χ3n) is 3.96. The number of hydrogen-bond donors (Lipinski definition) is 1. The third kappa shape index (κ3) is 2.69. The Hall–Kier alpha value is -1.84. The highest BCUT2D eigenvalue weighted by Gasteiger charge is 2.46. The maximum Gasteiger partial charge on any atom is 0.328 e. The zero-order valence-electron chi connectivity index (χ0n) is 12.0. The van der Waals surface area contributed by atoms with Crippen LogP contribution < -0.4 is 5.32 Å². The fourth-order valence-corrected chi connectivity index (χ4v) is 2.60. The number of rotatable bonds is 5. The first-order valence-electron chi connectivity index (χ1n) is 7.13. The van der Waals surface area contributed by atoms with Gasteiger partial charge in [0.25, 0.3) is 0 Å². The van der Waals surface area contributed by atoms with E-state index in [1.807, 2.05) is 30.3 Å². The molecule has 0 radical (unpaired) electrons. The average Bonchev–Trinajstić information content (AvgIpc) is 2.39. The minimum absolute atomic E-state index is 0.0736. The van der Waals surface area contributed by atoms with Crippen molar-refractivity contribution in [2.75, 3.05) is 6.61 Å². The normalized spacial score (nSPS) is 17.7. The summed E-state index contributed by atoms with van der Waals surface area (Å²) < 4.78 is 4.92. The number of nitrogens with one attached hydrogen (secondary N) is 1. The van der Waals surface area contributed by atoms with Gasteiger partial charge in [-0.3, -0.25) is 4.79 Å². The van der Waals surface area contributed by atoms with Gasteiger partial charge in [0.15, 0.2) is 0 Å². The summed E-state index contributed by atoms with van der Waals surface area (Å²) in [5.41, 5.74) is 0.557. The molecule has 20 heavy (non-hydrogen) atoms. The van der Waals surface area contributed by atoms with Gasteiger partial charge in [0.1, 0.15) is 6.04 Å². The molecule has 2 rings (SSSR count). The second-order valence-electron chi connectivity index (χ2n) is 5.25. The summed E-state index contributed by atoms with van der Waals surface area (Å²) in [6, 6.07) is 9.18. The Balaban J connectivity index is 2.09. The fraction of sp³-hybridized carbons (Fsp3) is 0.500. The molecular weight excluding hydrogens is 254 g/mol. The molecule has 1 N–H and O–H groups in total. The van der Waals surface area contributed by atoms with Gasteiger partial charge >= 0.3 is 5.97 Å². The molecule has 4 heteroatoms. The largest absolute Gasteiger partial charge is 0.464 e. The smallest absolute Gasteiger partial charge is 0.328 e. The Bertz CT molecular complexity index is 480. The Labute approximate surface area is 119 Å². The van der Waals surface area contributed by atoms with E-state index in [1.165, 1.54) is 0 Å². The monoisotopic (exact) mass is 275 g/mol. The molecule has 0 aromatic heterocycles. The lowest BCUT2D eigenvalue weighted by molar-refractivity contribution is -0.148. The highest BCUT2D eigenvalue weighted by atomic mass is 16.5. The molecule has 4 nitrogen and oxygen atoms in total. The van der Waals surface area contributed by atoms with Gasteiger partial charge in [-0.05, 0) is 32.3 Å². The van der Waals surface area contributed by atoms with Crippen LogP contribution in [0.3, 0.4) is 0 Å². The molecular formula is C16H21NO3. The van der Waals surface area contributed by atoms with Crippen molar-refractivity contribution >= 4 is 11.9 Å². The molecule has 1 fully saturated rings. The van der Waals surface area contributed by atoms with Crippen LogP contribution in [-0.2, 0) is 19.7 Å². The van der Waals surface area contributed by atoms with Crippen molar-refractivity contribution in [3.63, 3.8) is 0 Å². The van der Waals surface area contributed by atoms with Crippen molar-refractivity contribution in [3.8, 4) is 0 Å². The lowest BCUT2D eigenvalue weighted by atomic mass is 9.63. The van der Waals surface area contributed by atoms with Crippen LogP contribution in [0, 0.1) is 0 Å². The number of esters is 1. The topological polar surface area (TPSA) is 55.4 Å². The first-order chi connectivity index (χ1) is 9.60. The standard InChI is InChI=1S/C16H21NO3/c1-3-20-14(18)12(2)17-15(19)16(10-7-11-16)13-8-5-4-6-9-13/h4-6,8-9,12H,3,7,10-11H2,1-2H3,(H,17,19). The molecule has 1 aliphatic carbocycles. The van der Waals surface area contributed by atoms with Gasteiger partial charge in [0, 0.05) is 0 Å². The Morgan fingerprint density at radius 3 is 2.45 bits per heavy atom. The van der Waals surface area contributed by atoms with Crippen LogP contribution in [0.25, 0.3) is 0 Å². The number of ether oxygens (including phenoxy) is 1. The molecule has 0 bridgehead atoms. The minimum atomic E-state index is -0.608. The number of hydrogen-bond acceptors (Lipinski definition) is 3. The van der Waals surface area contributed by atoms with Crippen molar-refractivity contribution in [3.05, 3.63) is 35.9 Å². The van der Waals surface area contributed by atoms with Gasteiger partial charge in [-0.1, -0.05) is 36.8 Å². The summed E-state index contributed by atoms with van der Waals surface area (Å²) in [7, 11) is 0. The first kappa shape index (κ1) is 14.6. The second-order valence-corrected chi connectivity index (χ2v) is 5.25. The van der Waals surface area contributed by atoms with Crippen molar-refractivity contribution in [2.24, 2.45) is 0 Å². The van der Waals surface area contributed by atoms with Gasteiger partial charge in [-0.15, -0.1) is 0 Å². The SMILES string of the molecule is CCOC(=O)C(C)NC(=O)C1(c2ccccc2)CCC1. The van der Waals surface area contributed by atoms with Crippen molar-refractivity contribution in [1.29, 1.82) is 0 Å². The molecule has 0 spiro atoms. The molecule has 1 aromatic carbocycles. The third-order valence-corrected chi connectivity index (χ3v) is 3.96. The van der Waals surface area contributed by atoms with Crippen LogP contribution in [0.2, 0.25) is 0 Å². The Kier molecular flexibility index (Phi) is 4.42. The maximum atomic E-state index is 12.5. The number of amides is 1. The Morgan fingerprint density at radius 1 is 1.30 bits per heavy atom. The molecule has 1 aliphatic rings. The van der Waals surface area contributed by atoms with Gasteiger partial charge < -0.3 is 10.1 Å². The van der Waals surface area contributed by atoms with E-state index in [0.29, 0.717) is 6.61 Å². The molecule has 0 saturated heterocycles. The fourth-order valence-electron chi connectivity index (χ4n) is 2.60. The predicted molar refractivity (Wildman–Crippen MR) is 76.2 cm³/mol. The average molecular weight is 275 g/mol. The van der Waals surface area contributed by atoms with E-state index in [4.69, 9.17) is 4.74 Å². The number of benzene rings is 1. The number of carbonyl (C=O) groups is 2. The molecule has 1 saturated carbocycles. The van der Waals surface area contributed by atoms with Crippen LogP contribution in [0.15, 0.2) is 30.3 Å². The summed E-state index contributed by atoms with van der Waals surface area (Å²) in [6.07, 6.45) is 2.70. The van der Waals surface area contributed by atoms with Crippen molar-refractivity contribution in [2.45, 2.75) is 44.6 Å². The van der Waals surface area contributed by atoms with E-state index in [2.05, 4.69) is 5.32 Å². The molecule has 0 aliphatic heterocycles. The van der Waals surface area contributed by atoms with E-state index in [-0.39, 0.29) is 11.9 Å². The molecule has 1 aromatic rings. The van der Waals surface area contributed by atoms with Crippen molar-refractivity contribution in [1.82, 2.24) is 5.32 Å². The van der Waals surface area contributed by atoms with Gasteiger partial charge in [-0.25, -0.2) is 4.79 Å². The minimum Gasteiger partial charge on any atom is -0.464 e. The predicted octanol–water partition coefficient (Wildman–Crippen LogP) is 2.18. The zero-order valence-corrected chi connectivity index (χ0v) is 12.0. The lowest BCUT2D eigenvalue weighted by Crippen LogP contribution is -2.53. The van der Waals surface area contributed by atoms with Crippen LogP contribution in [0.1, 0.15) is 38.7 Å². The maximum absolute atomic E-state index is 12.5. The zero-order chi connectivity index (χ0) is 14.6. The Morgan fingerprint density at radius 2 is 1.95 bits per heavy atom. The second kappa shape index (κ2) is 6.07. The summed E-state index contributed by atoms with van der Waals surface area (Å²) in [6.45, 7) is 3.74. The van der Waals surface area contributed by atoms with Crippen LogP contribution in [0.5, 0.6) is 0 Å². The molecule has 1 atom stereocenters. The summed E-state index contributed by atoms with van der Waals surface area (Å²) in [4.78, 5) is 24.2. The van der Waals surface area contributed by atoms with Gasteiger partial charge in [0.2, 0.25) is 5.91 Å². The van der Waals surface area contributed by atoms with E-state index < -0.39 is 11.5 Å². The van der Waals surface area contributed by atoms with Gasteiger partial charge in [-0.2, -0.15) is 0 Å². The van der Waals surface area contributed by atoms with Crippen molar-refractivity contribution < 1.29 is 14.3 Å². The van der Waals surface area contributed by atoms with E-state index >= 15 is 0 Å². The molecule has 0 heterocycles. The highest BCUT2D eigenvalue weighted by molar-refractivity contribution is 5.92. The summed E-state index contributed by atoms with van der Waals surface area (Å²) in [5.74, 6) is -0.459. The van der Waals surface area contributed by atoms with Crippen LogP contribution in [-0.4, -0.2) is 24.5 Å². The lowest BCUT2D eigenvalue weighted by Gasteiger charge is -2.41. The van der Waals surface area contributed by atoms with Crippen LogP contribution in [0.4, 0.5) is 0 Å². The summed E-state index contributed by atoms with van der Waals surface area (Å²) in [5, 5.41) is 2.79. The molecule has 1 unspecified atom stereocenters. The van der Waals surface area contributed by atoms with Crippen LogP contribution >= 0.6 is 0 Å². The highest BCUT2D eigenvalue weighted by Crippen LogP contribution is 2.43. The molecule has 1 amide bonds. The van der Waals surface area contributed by atoms with Gasteiger partial charge in [0.05, 0.1) is 12.0 Å². The van der Waals surface area contributed by atoms with E-state index in [0.717, 1.165) is 24.8 Å². The summed E-state index contributed by atoms with van der Waals surface area (Å²) >= 11 is 0.